The Hall–Kier alpha value is -7.94. The van der Waals surface area contributed by atoms with Crippen LogP contribution in [0.4, 0.5) is 34.1 Å². The Balaban J connectivity index is 1.03. The minimum absolute atomic E-state index is 1.11. The molecule has 0 unspecified atom stereocenters. The predicted octanol–water partition coefficient (Wildman–Crippen LogP) is 16.5. The fourth-order valence-electron chi connectivity index (χ4n) is 9.00. The molecule has 11 aromatic rings. The van der Waals surface area contributed by atoms with Crippen molar-refractivity contribution >= 4 is 66.4 Å². The highest BCUT2D eigenvalue weighted by molar-refractivity contribution is 6.28. The van der Waals surface area contributed by atoms with Gasteiger partial charge in [0.2, 0.25) is 0 Å². The van der Waals surface area contributed by atoms with Crippen LogP contribution in [-0.2, 0) is 0 Å². The Bertz CT molecular complexity index is 3220. The number of benzene rings is 11. The molecule has 0 aliphatic heterocycles. The molecule has 0 bridgehead atoms. The van der Waals surface area contributed by atoms with Crippen LogP contribution in [0, 0.1) is 0 Å². The van der Waals surface area contributed by atoms with Crippen LogP contribution in [0.25, 0.3) is 65.7 Å². The fraction of sp³-hybridized carbons (Fsp3) is 0. The molecule has 0 aromatic heterocycles. The topological polar surface area (TPSA) is 6.48 Å². The summed E-state index contributed by atoms with van der Waals surface area (Å²) in [6.45, 7) is 0. The Morgan fingerprint density at radius 1 is 0.217 bits per heavy atom. The van der Waals surface area contributed by atoms with Gasteiger partial charge in [-0.3, -0.25) is 0 Å². The minimum atomic E-state index is 1.11. The van der Waals surface area contributed by atoms with E-state index in [0.29, 0.717) is 0 Å². The van der Waals surface area contributed by atoms with Crippen LogP contribution in [0.3, 0.4) is 0 Å². The third-order valence-electron chi connectivity index (χ3n) is 11.8. The summed E-state index contributed by atoms with van der Waals surface area (Å²) in [5, 5.41) is 7.54. The number of para-hydroxylation sites is 3. The molecule has 11 aromatic carbocycles. The molecule has 0 fully saturated rings. The fourth-order valence-corrected chi connectivity index (χ4v) is 9.00. The van der Waals surface area contributed by atoms with Crippen LogP contribution in [0.2, 0.25) is 0 Å². The molecule has 0 amide bonds. The molecule has 0 aliphatic carbocycles. The molecule has 282 valence electrons. The lowest BCUT2D eigenvalue weighted by Gasteiger charge is -2.28. The molecule has 0 atom stereocenters. The van der Waals surface area contributed by atoms with E-state index in [-0.39, 0.29) is 0 Å². The molecule has 2 heteroatoms. The molecule has 0 heterocycles. The Labute approximate surface area is 350 Å². The third kappa shape index (κ3) is 6.23. The van der Waals surface area contributed by atoms with E-state index in [0.717, 1.165) is 34.1 Å². The van der Waals surface area contributed by atoms with E-state index in [1.807, 2.05) is 0 Å². The molecule has 0 spiro atoms. The predicted molar refractivity (Wildman–Crippen MR) is 256 cm³/mol. The average Bonchev–Trinajstić information content (AvgIpc) is 3.33. The minimum Gasteiger partial charge on any atom is -0.310 e. The van der Waals surface area contributed by atoms with Gasteiger partial charge in [0.15, 0.2) is 0 Å². The highest BCUT2D eigenvalue weighted by atomic mass is 15.1. The first-order chi connectivity index (χ1) is 29.8. The second-order valence-electron chi connectivity index (χ2n) is 15.3. The van der Waals surface area contributed by atoms with Crippen LogP contribution >= 0.6 is 0 Å². The quantitative estimate of drug-likeness (QED) is 0.135. The number of anilines is 6. The standard InChI is InChI=1S/C58H40N2/c1-5-15-41(16-6-1)42-25-33-49(34-26-42)60(48-21-11-4-12-22-48)56-40-32-46-30-38-53-51(37-29-45-31-39-54(56)58(46)57(45)53)44-27-35-50(36-28-44)59(47-19-9-3-10-20-47)55-24-14-13-23-52(55)43-17-7-2-8-18-43/h1-40H. The van der Waals surface area contributed by atoms with E-state index in [9.17, 15) is 0 Å². The van der Waals surface area contributed by atoms with Crippen LogP contribution in [0.15, 0.2) is 243 Å². The van der Waals surface area contributed by atoms with Crippen molar-refractivity contribution in [1.82, 2.24) is 0 Å². The van der Waals surface area contributed by atoms with E-state index in [1.165, 1.54) is 65.7 Å². The summed E-state index contributed by atoms with van der Waals surface area (Å²) in [4.78, 5) is 4.76. The lowest BCUT2D eigenvalue weighted by Crippen LogP contribution is -2.11. The molecule has 11 rings (SSSR count). The smallest absolute Gasteiger partial charge is 0.0540 e. The van der Waals surface area contributed by atoms with Crippen LogP contribution in [0.5, 0.6) is 0 Å². The monoisotopic (exact) mass is 764 g/mol. The van der Waals surface area contributed by atoms with Crippen molar-refractivity contribution in [3.05, 3.63) is 243 Å². The van der Waals surface area contributed by atoms with Gasteiger partial charge in [-0.25, -0.2) is 0 Å². The summed E-state index contributed by atoms with van der Waals surface area (Å²) in [7, 11) is 0. The summed E-state index contributed by atoms with van der Waals surface area (Å²) < 4.78 is 0. The average molecular weight is 765 g/mol. The number of hydrogen-bond acceptors (Lipinski definition) is 2. The number of nitrogens with zero attached hydrogens (tertiary/aromatic N) is 2. The van der Waals surface area contributed by atoms with Gasteiger partial charge >= 0.3 is 0 Å². The second kappa shape index (κ2) is 15.1. The number of hydrogen-bond donors (Lipinski definition) is 0. The number of rotatable bonds is 9. The molecule has 0 saturated heterocycles. The van der Waals surface area contributed by atoms with E-state index >= 15 is 0 Å². The zero-order valence-electron chi connectivity index (χ0n) is 33.0. The lowest BCUT2D eigenvalue weighted by molar-refractivity contribution is 1.28. The zero-order valence-corrected chi connectivity index (χ0v) is 33.0. The first kappa shape index (κ1) is 35.2. The van der Waals surface area contributed by atoms with Crippen LogP contribution in [0.1, 0.15) is 0 Å². The summed E-state index contributed by atoms with van der Waals surface area (Å²) >= 11 is 0. The second-order valence-corrected chi connectivity index (χ2v) is 15.3. The maximum absolute atomic E-state index is 2.40. The largest absolute Gasteiger partial charge is 0.310 e. The van der Waals surface area contributed by atoms with Crippen molar-refractivity contribution in [2.45, 2.75) is 0 Å². The first-order valence-electron chi connectivity index (χ1n) is 20.6. The molecule has 0 saturated carbocycles. The van der Waals surface area contributed by atoms with Gasteiger partial charge in [-0.15, -0.1) is 0 Å². The van der Waals surface area contributed by atoms with Crippen molar-refractivity contribution in [3.8, 4) is 33.4 Å². The van der Waals surface area contributed by atoms with E-state index in [1.54, 1.807) is 0 Å². The van der Waals surface area contributed by atoms with Crippen molar-refractivity contribution in [2.24, 2.45) is 0 Å². The summed E-state index contributed by atoms with van der Waals surface area (Å²) in [5.41, 5.74) is 14.0. The first-order valence-corrected chi connectivity index (χ1v) is 20.6. The lowest BCUT2D eigenvalue weighted by atomic mass is 9.89. The maximum Gasteiger partial charge on any atom is 0.0540 e. The highest BCUT2D eigenvalue weighted by Gasteiger charge is 2.21. The molecular formula is C58H40N2. The molecular weight excluding hydrogens is 725 g/mol. The van der Waals surface area contributed by atoms with Gasteiger partial charge in [0, 0.05) is 33.7 Å². The third-order valence-corrected chi connectivity index (χ3v) is 11.8. The van der Waals surface area contributed by atoms with E-state index in [4.69, 9.17) is 0 Å². The van der Waals surface area contributed by atoms with Gasteiger partial charge in [0.05, 0.1) is 11.4 Å². The van der Waals surface area contributed by atoms with Gasteiger partial charge in [0.25, 0.3) is 0 Å². The SMILES string of the molecule is c1ccc(-c2ccc(N(c3ccccc3)c3ccc4ccc5c(-c6ccc(N(c7ccccc7)c7ccccc7-c7ccccc7)cc6)ccc6ccc3c4c65)cc2)cc1. The highest BCUT2D eigenvalue weighted by Crippen LogP contribution is 2.46. The zero-order chi connectivity index (χ0) is 39.8. The van der Waals surface area contributed by atoms with Gasteiger partial charge in [-0.2, -0.15) is 0 Å². The molecule has 0 N–H and O–H groups in total. The Kier molecular flexibility index (Phi) is 8.87. The molecule has 2 nitrogen and oxygen atoms in total. The van der Waals surface area contributed by atoms with Crippen molar-refractivity contribution in [3.63, 3.8) is 0 Å². The maximum atomic E-state index is 2.40. The molecule has 0 radical (unpaired) electrons. The van der Waals surface area contributed by atoms with Crippen molar-refractivity contribution in [1.29, 1.82) is 0 Å². The Morgan fingerprint density at radius 2 is 0.617 bits per heavy atom. The Morgan fingerprint density at radius 3 is 1.23 bits per heavy atom. The van der Waals surface area contributed by atoms with Gasteiger partial charge < -0.3 is 9.80 Å². The van der Waals surface area contributed by atoms with Crippen LogP contribution < -0.4 is 9.80 Å². The molecule has 60 heavy (non-hydrogen) atoms. The molecule has 0 aliphatic rings. The van der Waals surface area contributed by atoms with Gasteiger partial charge in [-0.1, -0.05) is 182 Å². The van der Waals surface area contributed by atoms with E-state index < -0.39 is 0 Å². The normalized spacial score (nSPS) is 11.3. The van der Waals surface area contributed by atoms with Gasteiger partial charge in [0.1, 0.15) is 0 Å². The summed E-state index contributed by atoms with van der Waals surface area (Å²) in [6.07, 6.45) is 0. The van der Waals surface area contributed by atoms with Crippen LogP contribution in [-0.4, -0.2) is 0 Å². The van der Waals surface area contributed by atoms with Crippen molar-refractivity contribution < 1.29 is 0 Å². The summed E-state index contributed by atoms with van der Waals surface area (Å²) in [5.74, 6) is 0. The summed E-state index contributed by atoms with van der Waals surface area (Å²) in [6, 6.07) is 87.7. The van der Waals surface area contributed by atoms with Crippen molar-refractivity contribution in [2.75, 3.05) is 9.80 Å². The van der Waals surface area contributed by atoms with E-state index in [2.05, 4.69) is 252 Å². The van der Waals surface area contributed by atoms with Gasteiger partial charge in [-0.05, 0) is 115 Å².